The minimum Gasteiger partial charge on any atom is -0.281 e. The molecule has 3 aromatic rings. The third kappa shape index (κ3) is 2.15. The Morgan fingerprint density at radius 3 is 2.63 bits per heavy atom. The second-order valence-electron chi connectivity index (χ2n) is 4.50. The van der Waals surface area contributed by atoms with Crippen molar-refractivity contribution in [3.8, 4) is 16.4 Å². The van der Waals surface area contributed by atoms with E-state index in [0.717, 1.165) is 22.1 Å². The number of aromatic nitrogens is 5. The van der Waals surface area contributed by atoms with Gasteiger partial charge in [0.1, 0.15) is 11.2 Å². The van der Waals surface area contributed by atoms with E-state index in [2.05, 4.69) is 33.6 Å². The van der Waals surface area contributed by atoms with Crippen molar-refractivity contribution in [2.24, 2.45) is 0 Å². The topological polar surface area (TPSA) is 56.5 Å². The zero-order valence-corrected chi connectivity index (χ0v) is 11.5. The summed E-state index contributed by atoms with van der Waals surface area (Å²) in [5, 5.41) is 12.4. The van der Waals surface area contributed by atoms with Crippen LogP contribution in [0.15, 0.2) is 36.7 Å². The van der Waals surface area contributed by atoms with Crippen LogP contribution >= 0.6 is 11.5 Å². The summed E-state index contributed by atoms with van der Waals surface area (Å²) in [5.41, 5.74) is 2.00. The van der Waals surface area contributed by atoms with Crippen molar-refractivity contribution in [2.75, 3.05) is 0 Å². The van der Waals surface area contributed by atoms with Crippen molar-refractivity contribution >= 4 is 11.5 Å². The minimum atomic E-state index is 0.315. The molecule has 5 nitrogen and oxygen atoms in total. The van der Waals surface area contributed by atoms with Crippen molar-refractivity contribution in [2.45, 2.75) is 19.8 Å². The predicted octanol–water partition coefficient (Wildman–Crippen LogP) is 2.91. The van der Waals surface area contributed by atoms with Crippen LogP contribution in [0.2, 0.25) is 0 Å². The highest BCUT2D eigenvalue weighted by Crippen LogP contribution is 2.30. The molecule has 2 aromatic heterocycles. The van der Waals surface area contributed by atoms with E-state index in [-0.39, 0.29) is 0 Å². The summed E-state index contributed by atoms with van der Waals surface area (Å²) >= 11 is 1.36. The third-order valence-corrected chi connectivity index (χ3v) is 3.58. The number of hydrogen-bond donors (Lipinski definition) is 0. The molecule has 96 valence electrons. The molecule has 19 heavy (non-hydrogen) atoms. The quantitative estimate of drug-likeness (QED) is 0.735. The summed E-state index contributed by atoms with van der Waals surface area (Å²) in [5.74, 6) is 1.11. The van der Waals surface area contributed by atoms with Crippen molar-refractivity contribution in [3.63, 3.8) is 0 Å². The van der Waals surface area contributed by atoms with E-state index >= 15 is 0 Å². The first kappa shape index (κ1) is 12.0. The molecule has 0 atom stereocenters. The normalized spacial score (nSPS) is 11.1. The molecule has 0 unspecified atom stereocenters. The minimum absolute atomic E-state index is 0.315. The van der Waals surface area contributed by atoms with Gasteiger partial charge in [0.15, 0.2) is 5.82 Å². The van der Waals surface area contributed by atoms with Gasteiger partial charge in [-0.2, -0.15) is 0 Å². The van der Waals surface area contributed by atoms with Gasteiger partial charge in [-0.3, -0.25) is 4.57 Å². The van der Waals surface area contributed by atoms with Crippen LogP contribution in [0.5, 0.6) is 0 Å². The van der Waals surface area contributed by atoms with Gasteiger partial charge < -0.3 is 0 Å². The average Bonchev–Trinajstić information content (AvgIpc) is 3.08. The number of rotatable bonds is 3. The van der Waals surface area contributed by atoms with Crippen LogP contribution in [-0.2, 0) is 0 Å². The maximum Gasteiger partial charge on any atom is 0.182 e. The molecule has 0 N–H and O–H groups in total. The molecule has 0 amide bonds. The highest BCUT2D eigenvalue weighted by atomic mass is 32.1. The highest BCUT2D eigenvalue weighted by molar-refractivity contribution is 7.09. The molecule has 0 aliphatic heterocycles. The van der Waals surface area contributed by atoms with Crippen LogP contribution < -0.4 is 0 Å². The lowest BCUT2D eigenvalue weighted by atomic mass is 10.1. The van der Waals surface area contributed by atoms with E-state index < -0.39 is 0 Å². The largest absolute Gasteiger partial charge is 0.281 e. The maximum absolute atomic E-state index is 4.22. The molecular weight excluding hydrogens is 258 g/mol. The Morgan fingerprint density at radius 2 is 1.89 bits per heavy atom. The van der Waals surface area contributed by atoms with Gasteiger partial charge in [-0.1, -0.05) is 36.5 Å². The summed E-state index contributed by atoms with van der Waals surface area (Å²) < 4.78 is 6.00. The number of nitrogens with zero attached hydrogens (tertiary/aromatic N) is 5. The average molecular weight is 271 g/mol. The smallest absolute Gasteiger partial charge is 0.182 e. The Hall–Kier alpha value is -2.08. The highest BCUT2D eigenvalue weighted by Gasteiger charge is 2.19. The van der Waals surface area contributed by atoms with E-state index in [1.807, 2.05) is 34.9 Å². The summed E-state index contributed by atoms with van der Waals surface area (Å²) in [6.07, 6.45) is 1.72. The van der Waals surface area contributed by atoms with Crippen LogP contribution in [0.25, 0.3) is 16.4 Å². The number of para-hydroxylation sites is 1. The molecule has 0 saturated heterocycles. The number of benzene rings is 1. The Balaban J connectivity index is 2.13. The van der Waals surface area contributed by atoms with E-state index in [1.54, 1.807) is 6.33 Å². The van der Waals surface area contributed by atoms with Crippen molar-refractivity contribution in [3.05, 3.63) is 42.4 Å². The third-order valence-electron chi connectivity index (χ3n) is 2.85. The standard InChI is InChI=1S/C13H13N5S/c1-9(2)11-12(19-17-15-11)13-16-14-8-18(13)10-6-4-3-5-7-10/h3-9H,1-2H3. The second-order valence-corrected chi connectivity index (χ2v) is 5.26. The SMILES string of the molecule is CC(C)c1nnsc1-c1nncn1-c1ccccc1. The molecule has 0 spiro atoms. The molecule has 0 radical (unpaired) electrons. The molecule has 2 heterocycles. The van der Waals surface area contributed by atoms with Crippen LogP contribution in [0.3, 0.4) is 0 Å². The van der Waals surface area contributed by atoms with E-state index in [4.69, 9.17) is 0 Å². The summed E-state index contributed by atoms with van der Waals surface area (Å²) in [7, 11) is 0. The van der Waals surface area contributed by atoms with Gasteiger partial charge in [0.2, 0.25) is 0 Å². The van der Waals surface area contributed by atoms with Crippen molar-refractivity contribution in [1.29, 1.82) is 0 Å². The first-order valence-corrected chi connectivity index (χ1v) is 6.82. The fraction of sp³-hybridized carbons (Fsp3) is 0.231. The number of hydrogen-bond acceptors (Lipinski definition) is 5. The maximum atomic E-state index is 4.22. The fourth-order valence-corrected chi connectivity index (χ4v) is 2.70. The monoisotopic (exact) mass is 271 g/mol. The molecular formula is C13H13N5S. The molecule has 3 rings (SSSR count). The summed E-state index contributed by atoms with van der Waals surface area (Å²) in [6, 6.07) is 10.0. The van der Waals surface area contributed by atoms with Gasteiger partial charge >= 0.3 is 0 Å². The second kappa shape index (κ2) is 4.89. The fourth-order valence-electron chi connectivity index (χ4n) is 1.90. The Labute approximate surface area is 115 Å². The van der Waals surface area contributed by atoms with Crippen LogP contribution in [0.1, 0.15) is 25.5 Å². The van der Waals surface area contributed by atoms with E-state index in [9.17, 15) is 0 Å². The lowest BCUT2D eigenvalue weighted by molar-refractivity contribution is 0.811. The first-order valence-electron chi connectivity index (χ1n) is 6.05. The Kier molecular flexibility index (Phi) is 3.08. The first-order chi connectivity index (χ1) is 9.27. The molecule has 1 aromatic carbocycles. The molecule has 0 fully saturated rings. The summed E-state index contributed by atoms with van der Waals surface area (Å²) in [4.78, 5) is 0.983. The Bertz CT molecular complexity index is 671. The van der Waals surface area contributed by atoms with Gasteiger partial charge in [0, 0.05) is 5.69 Å². The summed E-state index contributed by atoms with van der Waals surface area (Å²) in [6.45, 7) is 4.20. The van der Waals surface area contributed by atoms with Crippen LogP contribution in [0.4, 0.5) is 0 Å². The lowest BCUT2D eigenvalue weighted by Crippen LogP contribution is -1.98. The van der Waals surface area contributed by atoms with Crippen molar-refractivity contribution < 1.29 is 0 Å². The van der Waals surface area contributed by atoms with Gasteiger partial charge in [-0.15, -0.1) is 15.3 Å². The Morgan fingerprint density at radius 1 is 1.11 bits per heavy atom. The zero-order chi connectivity index (χ0) is 13.2. The van der Waals surface area contributed by atoms with Crippen LogP contribution in [-0.4, -0.2) is 24.4 Å². The molecule has 0 bridgehead atoms. The van der Waals surface area contributed by atoms with Gasteiger partial charge in [0.25, 0.3) is 0 Å². The molecule has 0 aliphatic rings. The molecule has 6 heteroatoms. The van der Waals surface area contributed by atoms with E-state index in [0.29, 0.717) is 5.92 Å². The van der Waals surface area contributed by atoms with Crippen LogP contribution in [0, 0.1) is 0 Å². The predicted molar refractivity (Wildman–Crippen MR) is 74.4 cm³/mol. The van der Waals surface area contributed by atoms with Gasteiger partial charge in [0.05, 0.1) is 5.69 Å². The van der Waals surface area contributed by atoms with Gasteiger partial charge in [-0.25, -0.2) is 0 Å². The molecule has 0 aliphatic carbocycles. The van der Waals surface area contributed by atoms with E-state index in [1.165, 1.54) is 11.5 Å². The molecule has 0 saturated carbocycles. The zero-order valence-electron chi connectivity index (χ0n) is 10.7. The lowest BCUT2D eigenvalue weighted by Gasteiger charge is -2.06. The van der Waals surface area contributed by atoms with Gasteiger partial charge in [-0.05, 0) is 29.6 Å². The van der Waals surface area contributed by atoms with Crippen molar-refractivity contribution in [1.82, 2.24) is 24.4 Å².